The summed E-state index contributed by atoms with van der Waals surface area (Å²) in [5.41, 5.74) is 3.13. The summed E-state index contributed by atoms with van der Waals surface area (Å²) in [4.78, 5) is 17.4. The number of rotatable bonds is 8. The zero-order valence-electron chi connectivity index (χ0n) is 19.0. The van der Waals surface area contributed by atoms with Crippen molar-refractivity contribution >= 4 is 22.7 Å². The van der Waals surface area contributed by atoms with Gasteiger partial charge in [-0.25, -0.2) is 4.98 Å². The van der Waals surface area contributed by atoms with Crippen molar-refractivity contribution in [3.05, 3.63) is 66.2 Å². The van der Waals surface area contributed by atoms with E-state index in [4.69, 9.17) is 18.6 Å². The van der Waals surface area contributed by atoms with E-state index in [1.807, 2.05) is 25.1 Å². The molecule has 4 aromatic rings. The van der Waals surface area contributed by atoms with Crippen molar-refractivity contribution in [1.82, 2.24) is 4.98 Å². The Morgan fingerprint density at radius 3 is 2.61 bits per heavy atom. The van der Waals surface area contributed by atoms with Crippen LogP contribution < -0.4 is 19.5 Å². The predicted molar refractivity (Wildman–Crippen MR) is 127 cm³/mol. The van der Waals surface area contributed by atoms with Crippen LogP contribution in [0.5, 0.6) is 17.2 Å². The van der Waals surface area contributed by atoms with Gasteiger partial charge in [-0.2, -0.15) is 0 Å². The van der Waals surface area contributed by atoms with E-state index in [2.05, 4.69) is 17.2 Å². The molecule has 0 aliphatic rings. The lowest BCUT2D eigenvalue weighted by atomic mass is 10.2. The standard InChI is InChI=1S/C26H26N2O5/c1-5-16(2)32-20-8-6-7-17(13-20)25(29)27-19-10-12-22-21(15-19)28-26(33-22)18-9-11-23(30-3)24(14-18)31-4/h6-16H,5H2,1-4H3,(H,27,29)/t16-/m1/s1. The Labute approximate surface area is 192 Å². The van der Waals surface area contributed by atoms with Gasteiger partial charge in [0.2, 0.25) is 5.89 Å². The van der Waals surface area contributed by atoms with Gasteiger partial charge >= 0.3 is 0 Å². The number of fused-ring (bicyclic) bond motifs is 1. The number of ether oxygens (including phenoxy) is 3. The predicted octanol–water partition coefficient (Wildman–Crippen LogP) is 5.94. The third-order valence-corrected chi connectivity index (χ3v) is 5.28. The summed E-state index contributed by atoms with van der Waals surface area (Å²) in [5.74, 6) is 2.10. The summed E-state index contributed by atoms with van der Waals surface area (Å²) >= 11 is 0. The first-order chi connectivity index (χ1) is 16.0. The fraction of sp³-hybridized carbons (Fsp3) is 0.231. The number of methoxy groups -OCH3 is 2. The van der Waals surface area contributed by atoms with Crippen LogP contribution in [0.1, 0.15) is 30.6 Å². The number of nitrogens with zero attached hydrogens (tertiary/aromatic N) is 1. The molecular formula is C26H26N2O5. The highest BCUT2D eigenvalue weighted by molar-refractivity contribution is 6.05. The molecule has 4 rings (SSSR count). The van der Waals surface area contributed by atoms with E-state index in [9.17, 15) is 4.79 Å². The summed E-state index contributed by atoms with van der Waals surface area (Å²) in [6, 6.07) is 17.9. The second-order valence-electron chi connectivity index (χ2n) is 7.59. The van der Waals surface area contributed by atoms with Gasteiger partial charge in [0.05, 0.1) is 20.3 Å². The van der Waals surface area contributed by atoms with E-state index in [0.717, 1.165) is 12.0 Å². The minimum Gasteiger partial charge on any atom is -0.493 e. The number of hydrogen-bond donors (Lipinski definition) is 1. The number of nitrogens with one attached hydrogen (secondary N) is 1. The van der Waals surface area contributed by atoms with Gasteiger partial charge in [-0.1, -0.05) is 13.0 Å². The molecule has 0 saturated carbocycles. The molecule has 1 heterocycles. The summed E-state index contributed by atoms with van der Waals surface area (Å²) in [7, 11) is 3.16. The summed E-state index contributed by atoms with van der Waals surface area (Å²) in [6.45, 7) is 4.05. The maximum atomic E-state index is 12.8. The molecule has 3 aromatic carbocycles. The van der Waals surface area contributed by atoms with E-state index in [1.165, 1.54) is 0 Å². The highest BCUT2D eigenvalue weighted by Gasteiger charge is 2.14. The maximum absolute atomic E-state index is 12.8. The molecule has 33 heavy (non-hydrogen) atoms. The van der Waals surface area contributed by atoms with Gasteiger partial charge in [-0.05, 0) is 67.9 Å². The van der Waals surface area contributed by atoms with Crippen molar-refractivity contribution in [1.29, 1.82) is 0 Å². The van der Waals surface area contributed by atoms with Crippen LogP contribution in [0, 0.1) is 0 Å². The molecule has 7 nitrogen and oxygen atoms in total. The highest BCUT2D eigenvalue weighted by Crippen LogP contribution is 2.33. The first-order valence-electron chi connectivity index (χ1n) is 10.7. The number of hydrogen-bond acceptors (Lipinski definition) is 6. The van der Waals surface area contributed by atoms with Gasteiger partial charge < -0.3 is 23.9 Å². The zero-order chi connectivity index (χ0) is 23.4. The Morgan fingerprint density at radius 2 is 1.85 bits per heavy atom. The molecule has 1 aromatic heterocycles. The number of anilines is 1. The van der Waals surface area contributed by atoms with Crippen molar-refractivity contribution in [3.63, 3.8) is 0 Å². The SMILES string of the molecule is CC[C@@H](C)Oc1cccc(C(=O)Nc2ccc3oc(-c4ccc(OC)c(OC)c4)nc3c2)c1. The smallest absolute Gasteiger partial charge is 0.255 e. The topological polar surface area (TPSA) is 82.8 Å². The third kappa shape index (κ3) is 4.92. The van der Waals surface area contributed by atoms with Crippen LogP contribution in [-0.4, -0.2) is 31.2 Å². The first-order valence-corrected chi connectivity index (χ1v) is 10.7. The van der Waals surface area contributed by atoms with Crippen LogP contribution in [0.3, 0.4) is 0 Å². The fourth-order valence-electron chi connectivity index (χ4n) is 3.33. The lowest BCUT2D eigenvalue weighted by molar-refractivity contribution is 0.102. The largest absolute Gasteiger partial charge is 0.493 e. The summed E-state index contributed by atoms with van der Waals surface area (Å²) < 4.78 is 22.4. The molecule has 0 bridgehead atoms. The lowest BCUT2D eigenvalue weighted by Gasteiger charge is -2.13. The average molecular weight is 447 g/mol. The Kier molecular flexibility index (Phi) is 6.49. The zero-order valence-corrected chi connectivity index (χ0v) is 19.0. The van der Waals surface area contributed by atoms with Gasteiger partial charge in [0.1, 0.15) is 11.3 Å². The number of carbonyl (C=O) groups is 1. The molecule has 170 valence electrons. The number of carbonyl (C=O) groups excluding carboxylic acids is 1. The molecule has 1 N–H and O–H groups in total. The highest BCUT2D eigenvalue weighted by atomic mass is 16.5. The van der Waals surface area contributed by atoms with Gasteiger partial charge in [-0.3, -0.25) is 4.79 Å². The molecule has 0 spiro atoms. The number of oxazole rings is 1. The first kappa shape index (κ1) is 22.2. The molecule has 0 unspecified atom stereocenters. The number of amides is 1. The summed E-state index contributed by atoms with van der Waals surface area (Å²) in [5, 5.41) is 2.91. The monoisotopic (exact) mass is 446 g/mol. The molecular weight excluding hydrogens is 420 g/mol. The minimum atomic E-state index is -0.229. The Bertz CT molecular complexity index is 1280. The van der Waals surface area contributed by atoms with E-state index >= 15 is 0 Å². The lowest BCUT2D eigenvalue weighted by Crippen LogP contribution is -2.13. The van der Waals surface area contributed by atoms with Crippen LogP contribution in [0.4, 0.5) is 5.69 Å². The van der Waals surface area contributed by atoms with Crippen molar-refractivity contribution in [3.8, 4) is 28.7 Å². The normalized spacial score (nSPS) is 11.8. The van der Waals surface area contributed by atoms with Crippen LogP contribution in [0.15, 0.2) is 65.1 Å². The van der Waals surface area contributed by atoms with Crippen molar-refractivity contribution < 1.29 is 23.4 Å². The second-order valence-corrected chi connectivity index (χ2v) is 7.59. The Morgan fingerprint density at radius 1 is 1.03 bits per heavy atom. The van der Waals surface area contributed by atoms with Crippen LogP contribution >= 0.6 is 0 Å². The quantitative estimate of drug-likeness (QED) is 0.361. The molecule has 7 heteroatoms. The molecule has 1 amide bonds. The van der Waals surface area contributed by atoms with Crippen LogP contribution in [-0.2, 0) is 0 Å². The third-order valence-electron chi connectivity index (χ3n) is 5.28. The molecule has 0 aliphatic heterocycles. The number of benzene rings is 3. The summed E-state index contributed by atoms with van der Waals surface area (Å²) in [6.07, 6.45) is 0.970. The Balaban J connectivity index is 1.54. The minimum absolute atomic E-state index is 0.0812. The number of aromatic nitrogens is 1. The molecule has 0 radical (unpaired) electrons. The van der Waals surface area contributed by atoms with Crippen molar-refractivity contribution in [2.24, 2.45) is 0 Å². The van der Waals surface area contributed by atoms with E-state index < -0.39 is 0 Å². The van der Waals surface area contributed by atoms with Crippen LogP contribution in [0.25, 0.3) is 22.6 Å². The molecule has 0 saturated heterocycles. The van der Waals surface area contributed by atoms with Crippen molar-refractivity contribution in [2.75, 3.05) is 19.5 Å². The molecule has 0 aliphatic carbocycles. The maximum Gasteiger partial charge on any atom is 0.255 e. The fourth-order valence-corrected chi connectivity index (χ4v) is 3.33. The van der Waals surface area contributed by atoms with E-state index in [1.54, 1.807) is 56.7 Å². The van der Waals surface area contributed by atoms with Crippen molar-refractivity contribution in [2.45, 2.75) is 26.4 Å². The van der Waals surface area contributed by atoms with Gasteiger partial charge in [-0.15, -0.1) is 0 Å². The second kappa shape index (κ2) is 9.65. The molecule has 1 atom stereocenters. The van der Waals surface area contributed by atoms with E-state index in [-0.39, 0.29) is 12.0 Å². The van der Waals surface area contributed by atoms with E-state index in [0.29, 0.717) is 45.5 Å². The van der Waals surface area contributed by atoms with Crippen LogP contribution in [0.2, 0.25) is 0 Å². The van der Waals surface area contributed by atoms with Gasteiger partial charge in [0, 0.05) is 16.8 Å². The van der Waals surface area contributed by atoms with Gasteiger partial charge in [0.25, 0.3) is 5.91 Å². The molecule has 0 fully saturated rings. The Hall–Kier alpha value is -4.00. The van der Waals surface area contributed by atoms with Gasteiger partial charge in [0.15, 0.2) is 17.1 Å². The average Bonchev–Trinajstić information content (AvgIpc) is 3.27.